The van der Waals surface area contributed by atoms with Crippen molar-refractivity contribution in [2.75, 3.05) is 5.75 Å². The topological polar surface area (TPSA) is 81.9 Å². The third kappa shape index (κ3) is 2.87. The number of quaternary nitrogens is 1. The maximum Gasteiger partial charge on any atom is 0.364 e. The van der Waals surface area contributed by atoms with Gasteiger partial charge in [0.15, 0.2) is 0 Å². The highest BCUT2D eigenvalue weighted by Crippen LogP contribution is 1.82. The van der Waals surface area contributed by atoms with Gasteiger partial charge in [-0.25, -0.2) is 9.59 Å². The Bertz CT molecular complexity index is 172. The molecule has 0 saturated heterocycles. The second-order valence-electron chi connectivity index (χ2n) is 1.99. The average Bonchev–Trinajstić information content (AvgIpc) is 1.88. The molecule has 64 valence electrons. The number of hydroxylamine groups is 2. The van der Waals surface area contributed by atoms with E-state index in [-0.39, 0.29) is 5.75 Å². The zero-order chi connectivity index (χ0) is 9.02. The fourth-order valence-corrected chi connectivity index (χ4v) is 0.841. The number of carboxylic acid groups (broad SMARTS) is 1. The van der Waals surface area contributed by atoms with Gasteiger partial charge in [0.05, 0.1) is 12.7 Å². The fraction of sp³-hybridized carbons (Fsp3) is 0.600. The summed E-state index contributed by atoms with van der Waals surface area (Å²) >= 11 is 3.64. The zero-order valence-electron chi connectivity index (χ0n) is 5.90. The van der Waals surface area contributed by atoms with E-state index in [1.807, 2.05) is 0 Å². The molecule has 0 aliphatic rings. The van der Waals surface area contributed by atoms with Gasteiger partial charge in [0.2, 0.25) is 6.04 Å². The first-order chi connectivity index (χ1) is 5.00. The van der Waals surface area contributed by atoms with Gasteiger partial charge in [0, 0.05) is 0 Å². The molecule has 0 aromatic carbocycles. The number of thiol groups is 1. The van der Waals surface area contributed by atoms with Gasteiger partial charge in [-0.2, -0.15) is 12.6 Å². The van der Waals surface area contributed by atoms with Gasteiger partial charge in [-0.3, -0.25) is 5.06 Å². The SMILES string of the molecule is CC(=O)[NH+]([O-])C(CS)C(=O)O. The van der Waals surface area contributed by atoms with Crippen molar-refractivity contribution in [1.82, 2.24) is 0 Å². The highest BCUT2D eigenvalue weighted by atomic mass is 32.1. The number of carbonyl (C=O) groups is 2. The molecule has 0 aliphatic heterocycles. The van der Waals surface area contributed by atoms with E-state index in [1.165, 1.54) is 0 Å². The van der Waals surface area contributed by atoms with E-state index in [0.717, 1.165) is 6.92 Å². The van der Waals surface area contributed by atoms with Gasteiger partial charge < -0.3 is 10.3 Å². The summed E-state index contributed by atoms with van der Waals surface area (Å²) in [7, 11) is 0. The molecule has 0 aliphatic carbocycles. The fourth-order valence-electron chi connectivity index (χ4n) is 0.519. The maximum atomic E-state index is 10.7. The minimum atomic E-state index is -1.31. The van der Waals surface area contributed by atoms with Crippen LogP contribution >= 0.6 is 12.6 Å². The smallest absolute Gasteiger partial charge is 0.364 e. The number of carbonyl (C=O) groups excluding carboxylic acids is 1. The molecule has 0 aromatic heterocycles. The minimum Gasteiger partial charge on any atom is -0.626 e. The van der Waals surface area contributed by atoms with E-state index in [2.05, 4.69) is 12.6 Å². The zero-order valence-corrected chi connectivity index (χ0v) is 6.80. The Hall–Kier alpha value is -0.590. The number of rotatable bonds is 3. The Morgan fingerprint density at radius 2 is 2.18 bits per heavy atom. The standard InChI is InChI=1S/C5H9NO4S/c1-3(7)6(10)4(2-11)5(8)9/h4,6,11H,2H2,1H3,(H,8,9). The van der Waals surface area contributed by atoms with Crippen LogP contribution in [-0.2, 0) is 9.59 Å². The predicted octanol–water partition coefficient (Wildman–Crippen LogP) is -1.70. The quantitative estimate of drug-likeness (QED) is 0.356. The molecule has 2 atom stereocenters. The Morgan fingerprint density at radius 3 is 2.27 bits per heavy atom. The molecule has 0 saturated carbocycles. The molecule has 0 spiro atoms. The van der Waals surface area contributed by atoms with Crippen molar-refractivity contribution in [2.24, 2.45) is 0 Å². The average molecular weight is 179 g/mol. The van der Waals surface area contributed by atoms with Crippen molar-refractivity contribution in [1.29, 1.82) is 0 Å². The first kappa shape index (κ1) is 10.4. The molecule has 0 radical (unpaired) electrons. The molecule has 0 bridgehead atoms. The van der Waals surface area contributed by atoms with Crippen LogP contribution in [0.5, 0.6) is 0 Å². The number of hydrogen-bond donors (Lipinski definition) is 3. The van der Waals surface area contributed by atoms with E-state index in [0.29, 0.717) is 0 Å². The third-order valence-corrected chi connectivity index (χ3v) is 1.51. The molecule has 0 rings (SSSR count). The van der Waals surface area contributed by atoms with E-state index in [4.69, 9.17) is 5.11 Å². The van der Waals surface area contributed by atoms with Crippen molar-refractivity contribution in [3.63, 3.8) is 0 Å². The third-order valence-electron chi connectivity index (χ3n) is 1.14. The largest absolute Gasteiger partial charge is 0.626 e. The van der Waals surface area contributed by atoms with Gasteiger partial charge in [0.25, 0.3) is 0 Å². The summed E-state index contributed by atoms with van der Waals surface area (Å²) in [4.78, 5) is 20.7. The highest BCUT2D eigenvalue weighted by Gasteiger charge is 2.25. The molecule has 0 aromatic rings. The first-order valence-electron chi connectivity index (χ1n) is 2.89. The Labute approximate surface area is 69.0 Å². The van der Waals surface area contributed by atoms with E-state index in [9.17, 15) is 14.8 Å². The summed E-state index contributed by atoms with van der Waals surface area (Å²) in [5, 5.41) is 18.2. The van der Waals surface area contributed by atoms with Gasteiger partial charge in [-0.05, 0) is 0 Å². The summed E-state index contributed by atoms with van der Waals surface area (Å²) in [5.41, 5.74) is 0. The van der Waals surface area contributed by atoms with E-state index < -0.39 is 23.0 Å². The number of carboxylic acids is 1. The molecule has 0 fully saturated rings. The van der Waals surface area contributed by atoms with Crippen LogP contribution in [-0.4, -0.2) is 28.8 Å². The molecule has 1 amide bonds. The highest BCUT2D eigenvalue weighted by molar-refractivity contribution is 7.80. The summed E-state index contributed by atoms with van der Waals surface area (Å²) in [5.74, 6) is -2.19. The second-order valence-corrected chi connectivity index (χ2v) is 2.36. The molecule has 6 heteroatoms. The minimum absolute atomic E-state index is 0.145. The number of aliphatic carboxylic acids is 1. The molecule has 2 unspecified atom stereocenters. The van der Waals surface area contributed by atoms with Crippen molar-refractivity contribution in [3.8, 4) is 0 Å². The Balaban J connectivity index is 4.25. The van der Waals surface area contributed by atoms with Crippen LogP contribution in [0.15, 0.2) is 0 Å². The van der Waals surface area contributed by atoms with Crippen LogP contribution in [0.1, 0.15) is 6.92 Å². The van der Waals surface area contributed by atoms with Gasteiger partial charge in [-0.15, -0.1) is 0 Å². The number of hydrogen-bond acceptors (Lipinski definition) is 4. The van der Waals surface area contributed by atoms with E-state index in [1.54, 1.807) is 0 Å². The lowest BCUT2D eigenvalue weighted by Crippen LogP contribution is -3.15. The lowest BCUT2D eigenvalue weighted by atomic mass is 10.3. The predicted molar refractivity (Wildman–Crippen MR) is 40.3 cm³/mol. The van der Waals surface area contributed by atoms with Gasteiger partial charge >= 0.3 is 11.9 Å². The molecular weight excluding hydrogens is 170 g/mol. The summed E-state index contributed by atoms with van der Waals surface area (Å²) in [6.45, 7) is 1.04. The van der Waals surface area contributed by atoms with Crippen LogP contribution in [0.4, 0.5) is 0 Å². The van der Waals surface area contributed by atoms with Crippen molar-refractivity contribution < 1.29 is 19.8 Å². The van der Waals surface area contributed by atoms with Crippen LogP contribution in [0, 0.1) is 5.21 Å². The Kier molecular flexibility index (Phi) is 4.09. The summed E-state index contributed by atoms with van der Waals surface area (Å²) < 4.78 is 0. The van der Waals surface area contributed by atoms with Gasteiger partial charge in [0.1, 0.15) is 0 Å². The van der Waals surface area contributed by atoms with Crippen LogP contribution < -0.4 is 5.06 Å². The lowest BCUT2D eigenvalue weighted by molar-refractivity contribution is -0.780. The van der Waals surface area contributed by atoms with Crippen LogP contribution in [0.25, 0.3) is 0 Å². The second kappa shape index (κ2) is 4.32. The first-order valence-corrected chi connectivity index (χ1v) is 3.52. The monoisotopic (exact) mass is 179 g/mol. The normalized spacial score (nSPS) is 15.5. The molecular formula is C5H9NO4S. The lowest BCUT2D eigenvalue weighted by Gasteiger charge is -2.23. The van der Waals surface area contributed by atoms with E-state index >= 15 is 0 Å². The summed E-state index contributed by atoms with van der Waals surface area (Å²) in [6, 6.07) is -1.30. The van der Waals surface area contributed by atoms with Crippen molar-refractivity contribution in [2.45, 2.75) is 13.0 Å². The number of amides is 1. The molecule has 2 N–H and O–H groups in total. The van der Waals surface area contributed by atoms with Crippen molar-refractivity contribution >= 4 is 24.5 Å². The molecule has 11 heavy (non-hydrogen) atoms. The Morgan fingerprint density at radius 1 is 1.73 bits per heavy atom. The van der Waals surface area contributed by atoms with Gasteiger partial charge in [-0.1, -0.05) is 0 Å². The van der Waals surface area contributed by atoms with Crippen LogP contribution in [0.2, 0.25) is 0 Å². The maximum absolute atomic E-state index is 10.7. The summed E-state index contributed by atoms with van der Waals surface area (Å²) in [6.07, 6.45) is 0. The number of nitrogens with one attached hydrogen (secondary N) is 1. The molecule has 5 nitrogen and oxygen atoms in total. The molecule has 0 heterocycles. The van der Waals surface area contributed by atoms with Crippen molar-refractivity contribution in [3.05, 3.63) is 5.21 Å². The van der Waals surface area contributed by atoms with Crippen LogP contribution in [0.3, 0.4) is 0 Å².